The van der Waals surface area contributed by atoms with Gasteiger partial charge < -0.3 is 9.47 Å². The quantitative estimate of drug-likeness (QED) is 0.376. The van der Waals surface area contributed by atoms with Crippen molar-refractivity contribution in [3.8, 4) is 11.5 Å². The minimum atomic E-state index is -0.439. The number of halogens is 3. The van der Waals surface area contributed by atoms with Gasteiger partial charge in [0.15, 0.2) is 6.61 Å². The molecule has 0 unspecified atom stereocenters. The predicted octanol–water partition coefficient (Wildman–Crippen LogP) is 4.96. The summed E-state index contributed by atoms with van der Waals surface area (Å²) in [6, 6.07) is 10.3. The molecule has 0 spiro atoms. The minimum absolute atomic E-state index is 0.265. The molecule has 26 heavy (non-hydrogen) atoms. The normalized spacial score (nSPS) is 10.8. The van der Waals surface area contributed by atoms with Crippen LogP contribution >= 0.6 is 34.8 Å². The Hall–Kier alpha value is -1.95. The Balaban J connectivity index is 1.81. The maximum atomic E-state index is 11.8. The van der Waals surface area contributed by atoms with Gasteiger partial charge in [-0.05, 0) is 42.3 Å². The summed E-state index contributed by atoms with van der Waals surface area (Å²) in [5, 5.41) is 4.74. The second kappa shape index (κ2) is 10.3. The average Bonchev–Trinajstić information content (AvgIpc) is 2.63. The molecule has 0 aliphatic heterocycles. The summed E-state index contributed by atoms with van der Waals surface area (Å²) in [6.45, 7) is 2.45. The molecular weight excluding hydrogens is 399 g/mol. The Labute approximate surface area is 166 Å². The first-order valence-electron chi connectivity index (χ1n) is 7.81. The van der Waals surface area contributed by atoms with Crippen LogP contribution in [0, 0.1) is 0 Å². The zero-order valence-electron chi connectivity index (χ0n) is 14.0. The number of nitrogens with zero attached hydrogens (tertiary/aromatic N) is 1. The monoisotopic (exact) mass is 414 g/mol. The van der Waals surface area contributed by atoms with Gasteiger partial charge in [0, 0.05) is 6.07 Å². The summed E-state index contributed by atoms with van der Waals surface area (Å²) in [5.41, 5.74) is 3.19. The van der Waals surface area contributed by atoms with Gasteiger partial charge in [-0.25, -0.2) is 5.43 Å². The molecule has 0 aliphatic carbocycles. The Morgan fingerprint density at radius 2 is 1.77 bits per heavy atom. The van der Waals surface area contributed by atoms with E-state index in [1.54, 1.807) is 0 Å². The second-order valence-corrected chi connectivity index (χ2v) is 6.42. The Morgan fingerprint density at radius 1 is 1.08 bits per heavy atom. The Bertz CT molecular complexity index is 780. The molecule has 138 valence electrons. The van der Waals surface area contributed by atoms with E-state index in [-0.39, 0.29) is 22.4 Å². The first-order valence-corrected chi connectivity index (χ1v) is 8.95. The summed E-state index contributed by atoms with van der Waals surface area (Å²) >= 11 is 17.7. The molecule has 2 aromatic rings. The minimum Gasteiger partial charge on any atom is -0.494 e. The first kappa shape index (κ1) is 20.4. The van der Waals surface area contributed by atoms with Crippen molar-refractivity contribution in [2.45, 2.75) is 13.3 Å². The molecule has 0 saturated carbocycles. The smallest absolute Gasteiger partial charge is 0.277 e. The van der Waals surface area contributed by atoms with E-state index < -0.39 is 5.91 Å². The summed E-state index contributed by atoms with van der Waals surface area (Å²) in [6.07, 6.45) is 2.47. The number of benzene rings is 2. The van der Waals surface area contributed by atoms with Gasteiger partial charge in [0.25, 0.3) is 5.91 Å². The van der Waals surface area contributed by atoms with Gasteiger partial charge in [0.1, 0.15) is 11.5 Å². The van der Waals surface area contributed by atoms with Gasteiger partial charge in [-0.3, -0.25) is 4.79 Å². The van der Waals surface area contributed by atoms with E-state index in [1.807, 2.05) is 31.2 Å². The van der Waals surface area contributed by atoms with E-state index in [9.17, 15) is 4.79 Å². The fourth-order valence-electron chi connectivity index (χ4n) is 1.84. The lowest BCUT2D eigenvalue weighted by atomic mass is 10.2. The molecule has 1 amide bonds. The molecule has 0 bridgehead atoms. The molecule has 0 aromatic heterocycles. The standard InChI is InChI=1S/C18H17Cl3N2O3/c1-2-7-25-13-5-3-12(4-6-13)10-22-23-18(24)11-26-17-9-15(20)14(19)8-16(17)21/h3-6,8-10H,2,7,11H2,1H3,(H,23,24)/b22-10+. The Kier molecular flexibility index (Phi) is 8.04. The van der Waals surface area contributed by atoms with Crippen molar-refractivity contribution in [1.29, 1.82) is 0 Å². The fourth-order valence-corrected chi connectivity index (χ4v) is 2.43. The highest BCUT2D eigenvalue weighted by Gasteiger charge is 2.09. The van der Waals surface area contributed by atoms with Crippen molar-refractivity contribution in [2.24, 2.45) is 5.10 Å². The summed E-state index contributed by atoms with van der Waals surface area (Å²) in [7, 11) is 0. The van der Waals surface area contributed by atoms with Crippen LogP contribution in [0.2, 0.25) is 15.1 Å². The van der Waals surface area contributed by atoms with Crippen molar-refractivity contribution < 1.29 is 14.3 Å². The van der Waals surface area contributed by atoms with Crippen molar-refractivity contribution in [2.75, 3.05) is 13.2 Å². The number of hydrazone groups is 1. The van der Waals surface area contributed by atoms with E-state index in [0.717, 1.165) is 17.7 Å². The largest absolute Gasteiger partial charge is 0.494 e. The van der Waals surface area contributed by atoms with Crippen LogP contribution in [0.25, 0.3) is 0 Å². The number of hydrogen-bond acceptors (Lipinski definition) is 4. The molecule has 0 fully saturated rings. The van der Waals surface area contributed by atoms with Gasteiger partial charge in [0.2, 0.25) is 0 Å². The van der Waals surface area contributed by atoms with Crippen LogP contribution in [-0.2, 0) is 4.79 Å². The van der Waals surface area contributed by atoms with Crippen LogP contribution in [0.15, 0.2) is 41.5 Å². The number of rotatable bonds is 8. The van der Waals surface area contributed by atoms with Crippen molar-refractivity contribution in [3.63, 3.8) is 0 Å². The fraction of sp³-hybridized carbons (Fsp3) is 0.222. The predicted molar refractivity (Wildman–Crippen MR) is 105 cm³/mol. The van der Waals surface area contributed by atoms with Gasteiger partial charge in [0.05, 0.1) is 27.9 Å². The van der Waals surface area contributed by atoms with Crippen LogP contribution in [0.1, 0.15) is 18.9 Å². The van der Waals surface area contributed by atoms with Crippen LogP contribution in [0.5, 0.6) is 11.5 Å². The number of hydrogen-bond donors (Lipinski definition) is 1. The lowest BCUT2D eigenvalue weighted by molar-refractivity contribution is -0.123. The lowest BCUT2D eigenvalue weighted by Gasteiger charge is -2.08. The van der Waals surface area contributed by atoms with Crippen LogP contribution in [0.3, 0.4) is 0 Å². The maximum absolute atomic E-state index is 11.8. The van der Waals surface area contributed by atoms with Gasteiger partial charge >= 0.3 is 0 Å². The first-order chi connectivity index (χ1) is 12.5. The highest BCUT2D eigenvalue weighted by Crippen LogP contribution is 2.33. The summed E-state index contributed by atoms with van der Waals surface area (Å²) in [4.78, 5) is 11.8. The van der Waals surface area contributed by atoms with E-state index in [2.05, 4.69) is 10.5 Å². The van der Waals surface area contributed by atoms with Gasteiger partial charge in [-0.2, -0.15) is 5.10 Å². The van der Waals surface area contributed by atoms with Gasteiger partial charge in [-0.1, -0.05) is 41.7 Å². The molecule has 0 aliphatic rings. The SMILES string of the molecule is CCCOc1ccc(/C=N/NC(=O)COc2cc(Cl)c(Cl)cc2Cl)cc1. The van der Waals surface area contributed by atoms with Gasteiger partial charge in [-0.15, -0.1) is 0 Å². The Morgan fingerprint density at radius 3 is 2.46 bits per heavy atom. The van der Waals surface area contributed by atoms with E-state index in [4.69, 9.17) is 44.3 Å². The molecule has 0 atom stereocenters. The topological polar surface area (TPSA) is 59.9 Å². The highest BCUT2D eigenvalue weighted by molar-refractivity contribution is 6.43. The number of carbonyl (C=O) groups excluding carboxylic acids is 1. The molecule has 5 nitrogen and oxygen atoms in total. The molecule has 2 aromatic carbocycles. The molecule has 1 N–H and O–H groups in total. The van der Waals surface area contributed by atoms with Crippen molar-refractivity contribution >= 4 is 46.9 Å². The number of nitrogens with one attached hydrogen (secondary N) is 1. The van der Waals surface area contributed by atoms with E-state index in [0.29, 0.717) is 11.6 Å². The summed E-state index contributed by atoms with van der Waals surface area (Å²) < 4.78 is 10.8. The van der Waals surface area contributed by atoms with Crippen LogP contribution in [0.4, 0.5) is 0 Å². The average molecular weight is 416 g/mol. The molecule has 0 heterocycles. The zero-order valence-corrected chi connectivity index (χ0v) is 16.2. The van der Waals surface area contributed by atoms with E-state index >= 15 is 0 Å². The summed E-state index contributed by atoms with van der Waals surface area (Å²) in [5.74, 6) is 0.620. The lowest BCUT2D eigenvalue weighted by Crippen LogP contribution is -2.24. The third-order valence-corrected chi connectivity index (χ3v) is 4.11. The second-order valence-electron chi connectivity index (χ2n) is 5.20. The molecule has 0 saturated heterocycles. The molecule has 2 rings (SSSR count). The van der Waals surface area contributed by atoms with Crippen molar-refractivity contribution in [1.82, 2.24) is 5.43 Å². The number of ether oxygens (including phenoxy) is 2. The van der Waals surface area contributed by atoms with E-state index in [1.165, 1.54) is 18.3 Å². The van der Waals surface area contributed by atoms with Crippen molar-refractivity contribution in [3.05, 3.63) is 57.0 Å². The number of carbonyl (C=O) groups is 1. The molecular formula is C18H17Cl3N2O3. The molecule has 8 heteroatoms. The third kappa shape index (κ3) is 6.41. The highest BCUT2D eigenvalue weighted by atomic mass is 35.5. The molecule has 0 radical (unpaired) electrons. The number of amides is 1. The maximum Gasteiger partial charge on any atom is 0.277 e. The van der Waals surface area contributed by atoms with Crippen LogP contribution < -0.4 is 14.9 Å². The van der Waals surface area contributed by atoms with Crippen LogP contribution in [-0.4, -0.2) is 25.3 Å². The third-order valence-electron chi connectivity index (χ3n) is 3.09. The zero-order chi connectivity index (χ0) is 18.9.